The van der Waals surface area contributed by atoms with Gasteiger partial charge in [-0.15, -0.1) is 0 Å². The number of hydrogen-bond acceptors (Lipinski definition) is 3. The van der Waals surface area contributed by atoms with E-state index in [0.717, 1.165) is 38.8 Å². The maximum Gasteiger partial charge on any atom is 0.243 e. The van der Waals surface area contributed by atoms with Gasteiger partial charge in [0.1, 0.15) is 0 Å². The molecule has 0 radical (unpaired) electrons. The minimum atomic E-state index is -3.86. The van der Waals surface area contributed by atoms with Crippen LogP contribution < -0.4 is 5.32 Å². The van der Waals surface area contributed by atoms with Crippen molar-refractivity contribution in [3.05, 3.63) is 93.5 Å². The Bertz CT molecular complexity index is 1190. The van der Waals surface area contributed by atoms with E-state index >= 15 is 0 Å². The molecule has 0 heterocycles. The van der Waals surface area contributed by atoms with Crippen molar-refractivity contribution in [2.24, 2.45) is 0 Å². The molecule has 0 aliphatic heterocycles. The molecule has 5 nitrogen and oxygen atoms in total. The third kappa shape index (κ3) is 5.85. The minimum absolute atomic E-state index is 0.102. The van der Waals surface area contributed by atoms with Crippen LogP contribution in [0.1, 0.15) is 29.2 Å². The Balaban J connectivity index is 1.90. The van der Waals surface area contributed by atoms with Gasteiger partial charge >= 0.3 is 0 Å². The van der Waals surface area contributed by atoms with Crippen LogP contribution in [0.4, 0.5) is 5.69 Å². The number of amides is 1. The molecule has 0 unspecified atom stereocenters. The van der Waals surface area contributed by atoms with Gasteiger partial charge in [-0.1, -0.05) is 70.9 Å². The molecule has 0 aromatic heterocycles. The average Bonchev–Trinajstić information content (AvgIpc) is 2.77. The molecule has 3 rings (SSSR count). The standard InChI is InChI=1S/C25H27BrN2O3S/c1-4-21-15-22(26)14-19(3)25(21)27-24(29)17-28(16-20-12-10-18(2)11-13-20)32(30,31)23-8-6-5-7-9-23/h5-15H,4,16-17H2,1-3H3,(H,27,29). The number of nitrogens with zero attached hydrogens (tertiary/aromatic N) is 1. The molecule has 0 atom stereocenters. The normalized spacial score (nSPS) is 11.5. The second-order valence-electron chi connectivity index (χ2n) is 7.73. The summed E-state index contributed by atoms with van der Waals surface area (Å²) in [5.41, 5.74) is 4.54. The van der Waals surface area contributed by atoms with E-state index < -0.39 is 10.0 Å². The second-order valence-corrected chi connectivity index (χ2v) is 10.6. The summed E-state index contributed by atoms with van der Waals surface area (Å²) < 4.78 is 28.9. The Kier molecular flexibility index (Phi) is 7.87. The van der Waals surface area contributed by atoms with Crippen molar-refractivity contribution in [1.29, 1.82) is 0 Å². The lowest BCUT2D eigenvalue weighted by molar-refractivity contribution is -0.116. The van der Waals surface area contributed by atoms with E-state index in [4.69, 9.17) is 0 Å². The third-order valence-electron chi connectivity index (χ3n) is 5.21. The van der Waals surface area contributed by atoms with Crippen molar-refractivity contribution in [1.82, 2.24) is 4.31 Å². The number of nitrogens with one attached hydrogen (secondary N) is 1. The summed E-state index contributed by atoms with van der Waals surface area (Å²) in [5.74, 6) is -0.378. The highest BCUT2D eigenvalue weighted by Crippen LogP contribution is 2.27. The number of benzene rings is 3. The number of hydrogen-bond donors (Lipinski definition) is 1. The first-order valence-corrected chi connectivity index (χ1v) is 12.6. The monoisotopic (exact) mass is 514 g/mol. The van der Waals surface area contributed by atoms with Crippen molar-refractivity contribution in [2.75, 3.05) is 11.9 Å². The number of sulfonamides is 1. The van der Waals surface area contributed by atoms with Gasteiger partial charge in [0.25, 0.3) is 0 Å². The Morgan fingerprint density at radius 3 is 2.28 bits per heavy atom. The summed E-state index contributed by atoms with van der Waals surface area (Å²) in [6.07, 6.45) is 0.741. The van der Waals surface area contributed by atoms with Gasteiger partial charge in [-0.3, -0.25) is 4.79 Å². The van der Waals surface area contributed by atoms with E-state index in [9.17, 15) is 13.2 Å². The summed E-state index contributed by atoms with van der Waals surface area (Å²) >= 11 is 3.49. The Morgan fingerprint density at radius 2 is 1.66 bits per heavy atom. The lowest BCUT2D eigenvalue weighted by Crippen LogP contribution is -2.37. The van der Waals surface area contributed by atoms with Crippen LogP contribution in [0.3, 0.4) is 0 Å². The average molecular weight is 515 g/mol. The summed E-state index contributed by atoms with van der Waals surface area (Å²) in [6.45, 7) is 5.72. The molecule has 1 N–H and O–H groups in total. The second kappa shape index (κ2) is 10.4. The van der Waals surface area contributed by atoms with Crippen LogP contribution in [0.15, 0.2) is 76.1 Å². The molecule has 32 heavy (non-hydrogen) atoms. The number of halogens is 1. The number of rotatable bonds is 8. The Morgan fingerprint density at radius 1 is 1.00 bits per heavy atom. The molecule has 0 fully saturated rings. The molecule has 3 aromatic carbocycles. The molecule has 0 saturated carbocycles. The van der Waals surface area contributed by atoms with E-state index in [1.54, 1.807) is 30.3 Å². The van der Waals surface area contributed by atoms with Crippen molar-refractivity contribution in [2.45, 2.75) is 38.6 Å². The molecule has 3 aromatic rings. The van der Waals surface area contributed by atoms with Gasteiger partial charge in [0.2, 0.25) is 15.9 Å². The number of carbonyl (C=O) groups excluding carboxylic acids is 1. The van der Waals surface area contributed by atoms with Crippen LogP contribution in [0.25, 0.3) is 0 Å². The van der Waals surface area contributed by atoms with E-state index in [-0.39, 0.29) is 23.9 Å². The largest absolute Gasteiger partial charge is 0.324 e. The quantitative estimate of drug-likeness (QED) is 0.434. The van der Waals surface area contributed by atoms with Crippen molar-refractivity contribution in [3.8, 4) is 0 Å². The van der Waals surface area contributed by atoms with Crippen molar-refractivity contribution >= 4 is 37.5 Å². The van der Waals surface area contributed by atoms with Crippen LogP contribution in [-0.4, -0.2) is 25.2 Å². The van der Waals surface area contributed by atoms with E-state index in [1.807, 2.05) is 57.2 Å². The lowest BCUT2D eigenvalue weighted by Gasteiger charge is -2.23. The predicted molar refractivity (Wildman–Crippen MR) is 132 cm³/mol. The molecule has 168 valence electrons. The molecule has 0 aliphatic rings. The van der Waals surface area contributed by atoms with E-state index in [1.165, 1.54) is 4.31 Å². The van der Waals surface area contributed by atoms with E-state index in [2.05, 4.69) is 21.2 Å². The molecular formula is C25H27BrN2O3S. The molecular weight excluding hydrogens is 488 g/mol. The first kappa shape index (κ1) is 24.2. The third-order valence-corrected chi connectivity index (χ3v) is 7.47. The molecule has 0 saturated heterocycles. The SMILES string of the molecule is CCc1cc(Br)cc(C)c1NC(=O)CN(Cc1ccc(C)cc1)S(=O)(=O)c1ccccc1. The van der Waals surface area contributed by atoms with Gasteiger partial charge in [-0.2, -0.15) is 4.31 Å². The lowest BCUT2D eigenvalue weighted by atomic mass is 10.1. The van der Waals surface area contributed by atoms with Gasteiger partial charge in [-0.05, 0) is 61.2 Å². The Hall–Kier alpha value is -2.48. The Labute approximate surface area is 198 Å². The fourth-order valence-corrected chi connectivity index (χ4v) is 5.50. The molecule has 0 spiro atoms. The summed E-state index contributed by atoms with van der Waals surface area (Å²) in [6, 6.07) is 19.7. The summed E-state index contributed by atoms with van der Waals surface area (Å²) in [5, 5.41) is 2.94. The maximum atomic E-state index is 13.4. The van der Waals surface area contributed by atoms with Crippen LogP contribution >= 0.6 is 15.9 Å². The van der Waals surface area contributed by atoms with Crippen molar-refractivity contribution < 1.29 is 13.2 Å². The zero-order valence-electron chi connectivity index (χ0n) is 18.4. The molecule has 0 aliphatic carbocycles. The highest BCUT2D eigenvalue weighted by atomic mass is 79.9. The number of aryl methyl sites for hydroxylation is 3. The summed E-state index contributed by atoms with van der Waals surface area (Å²) in [4.78, 5) is 13.2. The smallest absolute Gasteiger partial charge is 0.243 e. The number of carbonyl (C=O) groups is 1. The van der Waals surface area contributed by atoms with Gasteiger partial charge in [0.15, 0.2) is 0 Å². The zero-order valence-corrected chi connectivity index (χ0v) is 20.8. The van der Waals surface area contributed by atoms with Gasteiger partial charge in [0, 0.05) is 16.7 Å². The molecule has 1 amide bonds. The fraction of sp³-hybridized carbons (Fsp3) is 0.240. The first-order valence-electron chi connectivity index (χ1n) is 10.4. The van der Waals surface area contributed by atoms with Crippen LogP contribution in [-0.2, 0) is 27.8 Å². The molecule has 7 heteroatoms. The zero-order chi connectivity index (χ0) is 23.3. The van der Waals surface area contributed by atoms with Gasteiger partial charge < -0.3 is 5.32 Å². The molecule has 0 bridgehead atoms. The highest BCUT2D eigenvalue weighted by Gasteiger charge is 2.27. The highest BCUT2D eigenvalue weighted by molar-refractivity contribution is 9.10. The minimum Gasteiger partial charge on any atom is -0.324 e. The maximum absolute atomic E-state index is 13.4. The first-order chi connectivity index (χ1) is 15.2. The predicted octanol–water partition coefficient (Wildman–Crippen LogP) is 5.46. The number of anilines is 1. The van der Waals surface area contributed by atoms with E-state index in [0.29, 0.717) is 0 Å². The van der Waals surface area contributed by atoms with Crippen molar-refractivity contribution in [3.63, 3.8) is 0 Å². The van der Waals surface area contributed by atoms with Gasteiger partial charge in [-0.25, -0.2) is 8.42 Å². The van der Waals surface area contributed by atoms with Crippen LogP contribution in [0, 0.1) is 13.8 Å². The van der Waals surface area contributed by atoms with Crippen LogP contribution in [0.2, 0.25) is 0 Å². The van der Waals surface area contributed by atoms with Gasteiger partial charge in [0.05, 0.1) is 11.4 Å². The summed E-state index contributed by atoms with van der Waals surface area (Å²) in [7, 11) is -3.86. The topological polar surface area (TPSA) is 66.5 Å². The fourth-order valence-electron chi connectivity index (χ4n) is 3.47. The van der Waals surface area contributed by atoms with Crippen LogP contribution in [0.5, 0.6) is 0 Å².